The van der Waals surface area contributed by atoms with E-state index in [1.807, 2.05) is 0 Å². The predicted octanol–water partition coefficient (Wildman–Crippen LogP) is -6.00. The normalized spacial score (nSPS) is 49.8. The molecule has 2 fully saturated rings. The molecule has 11 nitrogen and oxygen atoms in total. The van der Waals surface area contributed by atoms with Crippen LogP contribution < -0.4 is 5.11 Å². The molecule has 0 amide bonds. The molecule has 0 aliphatic carbocycles. The van der Waals surface area contributed by atoms with Crippen LogP contribution in [0, 0.1) is 0 Å². The number of carbonyl (C=O) groups is 1. The van der Waals surface area contributed by atoms with Gasteiger partial charge in [-0.3, -0.25) is 0 Å². The Balaban J connectivity index is 2.10. The summed E-state index contributed by atoms with van der Waals surface area (Å²) in [6, 6.07) is 0. The monoisotopic (exact) mass is 325 g/mol. The summed E-state index contributed by atoms with van der Waals surface area (Å²) in [5, 5.41) is 68.3. The van der Waals surface area contributed by atoms with Gasteiger partial charge in [-0.15, -0.1) is 0 Å². The fourth-order valence-electron chi connectivity index (χ4n) is 2.26. The van der Waals surface area contributed by atoms with E-state index < -0.39 is 67.9 Å². The van der Waals surface area contributed by atoms with Crippen molar-refractivity contribution >= 4 is 5.97 Å². The number of hydrogen-bond acceptors (Lipinski definition) is 11. The van der Waals surface area contributed by atoms with Crippen molar-refractivity contribution in [1.29, 1.82) is 0 Å². The van der Waals surface area contributed by atoms with E-state index in [0.717, 1.165) is 0 Å². The molecule has 0 aromatic carbocycles. The third-order valence-electron chi connectivity index (χ3n) is 3.54. The van der Waals surface area contributed by atoms with E-state index in [4.69, 9.17) is 9.47 Å². The summed E-state index contributed by atoms with van der Waals surface area (Å²) in [6.45, 7) is -0.398. The van der Waals surface area contributed by atoms with E-state index in [1.165, 1.54) is 0 Å². The highest BCUT2D eigenvalue weighted by Crippen LogP contribution is 2.26. The second kappa shape index (κ2) is 6.70. The summed E-state index contributed by atoms with van der Waals surface area (Å²) in [6.07, 6.45) is -15.7. The maximum Gasteiger partial charge on any atom is 0.186 e. The molecule has 0 aromatic rings. The minimum Gasteiger partial charge on any atom is -0.547 e. The summed E-state index contributed by atoms with van der Waals surface area (Å²) in [4.78, 5) is 10.8. The summed E-state index contributed by atoms with van der Waals surface area (Å²) in [5.41, 5.74) is 0. The Morgan fingerprint density at radius 3 is 2.23 bits per heavy atom. The van der Waals surface area contributed by atoms with Crippen molar-refractivity contribution in [3.05, 3.63) is 0 Å². The number of aliphatic carboxylic acids is 1. The Hall–Kier alpha value is -0.890. The molecule has 2 aliphatic rings. The molecule has 0 radical (unpaired) electrons. The first-order valence-corrected chi connectivity index (χ1v) is 6.45. The number of carbonyl (C=O) groups excluding carboxylic acids is 1. The largest absolute Gasteiger partial charge is 0.547 e. The highest BCUT2D eigenvalue weighted by atomic mass is 16.7. The Kier molecular flexibility index (Phi) is 5.32. The molecule has 22 heavy (non-hydrogen) atoms. The van der Waals surface area contributed by atoms with Crippen LogP contribution in [-0.4, -0.2) is 98.5 Å². The minimum absolute atomic E-state index is 0.398. The van der Waals surface area contributed by atoms with E-state index in [9.17, 15) is 40.5 Å². The second-order valence-corrected chi connectivity index (χ2v) is 5.10. The molecule has 2 heterocycles. The number of carboxylic acids is 1. The molecule has 2 rings (SSSR count). The smallest absolute Gasteiger partial charge is 0.186 e. The lowest BCUT2D eigenvalue weighted by Crippen LogP contribution is -2.65. The van der Waals surface area contributed by atoms with Crippen molar-refractivity contribution in [2.75, 3.05) is 6.61 Å². The van der Waals surface area contributed by atoms with E-state index in [0.29, 0.717) is 0 Å². The molecule has 0 aromatic heterocycles. The first-order valence-electron chi connectivity index (χ1n) is 6.45. The molecule has 9 atom stereocenters. The van der Waals surface area contributed by atoms with Crippen molar-refractivity contribution in [2.45, 2.75) is 55.3 Å². The topological polar surface area (TPSA) is 189 Å². The zero-order valence-corrected chi connectivity index (χ0v) is 11.1. The highest BCUT2D eigenvalue weighted by Gasteiger charge is 2.48. The van der Waals surface area contributed by atoms with Crippen LogP contribution in [0.25, 0.3) is 0 Å². The van der Waals surface area contributed by atoms with Gasteiger partial charge in [0.05, 0.1) is 12.6 Å². The Morgan fingerprint density at radius 1 is 1.00 bits per heavy atom. The van der Waals surface area contributed by atoms with E-state index in [1.54, 1.807) is 0 Å². The number of rotatable bonds is 3. The quantitative estimate of drug-likeness (QED) is 0.289. The minimum atomic E-state index is -1.98. The van der Waals surface area contributed by atoms with Gasteiger partial charge in [0.25, 0.3) is 0 Å². The van der Waals surface area contributed by atoms with Gasteiger partial charge in [-0.25, -0.2) is 0 Å². The molecule has 0 spiro atoms. The van der Waals surface area contributed by atoms with Gasteiger partial charge in [-0.2, -0.15) is 0 Å². The molecule has 11 heteroatoms. The lowest BCUT2D eigenvalue weighted by Gasteiger charge is -2.44. The van der Waals surface area contributed by atoms with Crippen molar-refractivity contribution < 1.29 is 54.8 Å². The van der Waals surface area contributed by atoms with Gasteiger partial charge in [0.15, 0.2) is 12.6 Å². The number of carboxylic acid groups (broad SMARTS) is 1. The van der Waals surface area contributed by atoms with Crippen molar-refractivity contribution in [2.24, 2.45) is 0 Å². The standard InChI is InChI=1S/C11H18O11/c12-2-1-20-11(4(14)3(2)13)22-7-5(15)8(9(17)18)21-10(19)6(7)16/h2-8,10-16,19H,1H2,(H,17,18)/p-1/t2-,3+,4-,5-,6-,7+,8+,10?,11+/m1/s1. The number of aliphatic hydroxyl groups excluding tert-OH is 6. The lowest BCUT2D eigenvalue weighted by molar-refractivity contribution is -0.363. The summed E-state index contributed by atoms with van der Waals surface area (Å²) in [5.74, 6) is -1.84. The fraction of sp³-hybridized carbons (Fsp3) is 0.909. The summed E-state index contributed by atoms with van der Waals surface area (Å²) in [7, 11) is 0. The number of ether oxygens (including phenoxy) is 3. The maximum atomic E-state index is 10.8. The molecular formula is C11H17O11-. The molecule has 2 saturated heterocycles. The van der Waals surface area contributed by atoms with Gasteiger partial charge in [0, 0.05) is 0 Å². The highest BCUT2D eigenvalue weighted by molar-refractivity contribution is 5.71. The average molecular weight is 325 g/mol. The van der Waals surface area contributed by atoms with Crippen LogP contribution in [0.2, 0.25) is 0 Å². The predicted molar refractivity (Wildman–Crippen MR) is 60.5 cm³/mol. The Morgan fingerprint density at radius 2 is 1.64 bits per heavy atom. The van der Waals surface area contributed by atoms with Crippen LogP contribution in [0.3, 0.4) is 0 Å². The van der Waals surface area contributed by atoms with Crippen molar-refractivity contribution in [3.8, 4) is 0 Å². The number of aliphatic hydroxyl groups is 6. The van der Waals surface area contributed by atoms with Crippen LogP contribution in [0.4, 0.5) is 0 Å². The third-order valence-corrected chi connectivity index (χ3v) is 3.54. The van der Waals surface area contributed by atoms with Gasteiger partial charge in [-0.05, 0) is 0 Å². The molecule has 1 unspecified atom stereocenters. The molecule has 2 aliphatic heterocycles. The van der Waals surface area contributed by atoms with Crippen molar-refractivity contribution in [3.63, 3.8) is 0 Å². The van der Waals surface area contributed by atoms with Gasteiger partial charge >= 0.3 is 0 Å². The van der Waals surface area contributed by atoms with Gasteiger partial charge in [0.2, 0.25) is 0 Å². The summed E-state index contributed by atoms with van der Waals surface area (Å²) < 4.78 is 14.5. The van der Waals surface area contributed by atoms with E-state index in [-0.39, 0.29) is 0 Å². The summed E-state index contributed by atoms with van der Waals surface area (Å²) >= 11 is 0. The van der Waals surface area contributed by atoms with E-state index in [2.05, 4.69) is 4.74 Å². The van der Waals surface area contributed by atoms with Crippen LogP contribution in [-0.2, 0) is 19.0 Å². The zero-order chi connectivity index (χ0) is 16.6. The van der Waals surface area contributed by atoms with Crippen LogP contribution in [0.5, 0.6) is 0 Å². The first-order chi connectivity index (χ1) is 10.2. The fourth-order valence-corrected chi connectivity index (χ4v) is 2.26. The average Bonchev–Trinajstić information content (AvgIpc) is 2.46. The third kappa shape index (κ3) is 3.22. The second-order valence-electron chi connectivity index (χ2n) is 5.10. The first kappa shape index (κ1) is 17.5. The van der Waals surface area contributed by atoms with Gasteiger partial charge in [-0.1, -0.05) is 0 Å². The number of hydrogen-bond donors (Lipinski definition) is 6. The van der Waals surface area contributed by atoms with E-state index >= 15 is 0 Å². The molecular weight excluding hydrogens is 308 g/mol. The van der Waals surface area contributed by atoms with Crippen LogP contribution in [0.15, 0.2) is 0 Å². The Labute approximate surface area is 123 Å². The molecule has 0 bridgehead atoms. The van der Waals surface area contributed by atoms with Gasteiger partial charge < -0.3 is 54.8 Å². The maximum absolute atomic E-state index is 10.8. The SMILES string of the molecule is O=C([O-])[C@H]1OC(O)[C@H](O)[C@@H](O[C@@H]2OC[C@@H](O)[C@H](O)[C@H]2O)[C@H]1O. The van der Waals surface area contributed by atoms with Gasteiger partial charge in [0.1, 0.15) is 42.7 Å². The molecule has 0 saturated carbocycles. The van der Waals surface area contributed by atoms with Crippen LogP contribution >= 0.6 is 0 Å². The molecule has 6 N–H and O–H groups in total. The molecule has 128 valence electrons. The van der Waals surface area contributed by atoms with Crippen molar-refractivity contribution in [1.82, 2.24) is 0 Å². The lowest BCUT2D eigenvalue weighted by atomic mass is 9.98. The zero-order valence-electron chi connectivity index (χ0n) is 11.1. The Bertz CT molecular complexity index is 403. The van der Waals surface area contributed by atoms with Crippen LogP contribution in [0.1, 0.15) is 0 Å².